The number of anilines is 2. The second-order valence-corrected chi connectivity index (χ2v) is 5.53. The Kier molecular flexibility index (Phi) is 3.43. The lowest BCUT2D eigenvalue weighted by Crippen LogP contribution is -1.97. The number of aromatic hydroxyl groups is 1. The number of phenols is 1. The van der Waals surface area contributed by atoms with Gasteiger partial charge in [-0.25, -0.2) is 4.98 Å². The largest absolute Gasteiger partial charge is 0.508 e. The number of nitrogens with one attached hydrogen (secondary N) is 1. The summed E-state index contributed by atoms with van der Waals surface area (Å²) in [5, 5.41) is 15.2. The minimum absolute atomic E-state index is 0.168. The van der Waals surface area contributed by atoms with E-state index in [9.17, 15) is 5.11 Å². The minimum atomic E-state index is 0.168. The van der Waals surface area contributed by atoms with E-state index in [2.05, 4.69) is 5.32 Å². The van der Waals surface area contributed by atoms with E-state index >= 15 is 0 Å². The molecule has 0 unspecified atom stereocenters. The number of fused-ring (bicyclic) bond motifs is 2. The normalized spacial score (nSPS) is 10.9. The second-order valence-electron chi connectivity index (χ2n) is 5.53. The molecule has 4 heteroatoms. The van der Waals surface area contributed by atoms with Crippen molar-refractivity contribution in [3.8, 4) is 11.5 Å². The van der Waals surface area contributed by atoms with E-state index in [1.165, 1.54) is 0 Å². The summed E-state index contributed by atoms with van der Waals surface area (Å²) in [5.41, 5.74) is 3.62. The molecule has 0 saturated heterocycles. The number of phenolic OH excluding ortho intramolecular Hbond substituents is 1. The van der Waals surface area contributed by atoms with Gasteiger partial charge >= 0.3 is 0 Å². The lowest BCUT2D eigenvalue weighted by molar-refractivity contribution is 0.409. The molecule has 4 aromatic rings. The lowest BCUT2D eigenvalue weighted by Gasteiger charge is -2.15. The lowest BCUT2D eigenvalue weighted by atomic mass is 10.1. The highest BCUT2D eigenvalue weighted by molar-refractivity contribution is 6.08. The maximum Gasteiger partial charge on any atom is 0.145 e. The van der Waals surface area contributed by atoms with E-state index in [0.717, 1.165) is 33.2 Å². The third-order valence-electron chi connectivity index (χ3n) is 4.03. The predicted octanol–water partition coefficient (Wildman–Crippen LogP) is 4.85. The third-order valence-corrected chi connectivity index (χ3v) is 4.03. The molecule has 0 radical (unpaired) electrons. The SMILES string of the molecule is COc1cc(O)ccc1Nc1c2ccccc2nc2ccccc12. The molecule has 0 bridgehead atoms. The Hall–Kier alpha value is -3.27. The fraction of sp³-hybridized carbons (Fsp3) is 0.0500. The number of ether oxygens (including phenoxy) is 1. The Morgan fingerprint density at radius 2 is 1.50 bits per heavy atom. The smallest absolute Gasteiger partial charge is 0.145 e. The molecular formula is C20H16N2O2. The van der Waals surface area contributed by atoms with Gasteiger partial charge in [0.15, 0.2) is 0 Å². The van der Waals surface area contributed by atoms with E-state index in [4.69, 9.17) is 9.72 Å². The van der Waals surface area contributed by atoms with E-state index in [1.807, 2.05) is 48.5 Å². The molecule has 1 heterocycles. The van der Waals surface area contributed by atoms with Crippen molar-refractivity contribution in [1.82, 2.24) is 4.98 Å². The predicted molar refractivity (Wildman–Crippen MR) is 97.2 cm³/mol. The number of nitrogens with zero attached hydrogens (tertiary/aromatic N) is 1. The fourth-order valence-corrected chi connectivity index (χ4v) is 2.89. The Morgan fingerprint density at radius 3 is 2.12 bits per heavy atom. The second kappa shape index (κ2) is 5.74. The van der Waals surface area contributed by atoms with Crippen LogP contribution in [-0.2, 0) is 0 Å². The highest BCUT2D eigenvalue weighted by atomic mass is 16.5. The molecule has 3 aromatic carbocycles. The Labute approximate surface area is 139 Å². The summed E-state index contributed by atoms with van der Waals surface area (Å²) in [4.78, 5) is 4.73. The minimum Gasteiger partial charge on any atom is -0.508 e. The summed E-state index contributed by atoms with van der Waals surface area (Å²) in [6, 6.07) is 21.1. The van der Waals surface area contributed by atoms with Crippen molar-refractivity contribution in [3.05, 3.63) is 66.7 Å². The van der Waals surface area contributed by atoms with Crippen LogP contribution in [0.15, 0.2) is 66.7 Å². The average Bonchev–Trinajstić information content (AvgIpc) is 2.62. The van der Waals surface area contributed by atoms with Crippen LogP contribution in [0.1, 0.15) is 0 Å². The molecule has 0 fully saturated rings. The Balaban J connectivity index is 1.97. The first-order chi connectivity index (χ1) is 11.8. The zero-order chi connectivity index (χ0) is 16.5. The Morgan fingerprint density at radius 1 is 0.875 bits per heavy atom. The summed E-state index contributed by atoms with van der Waals surface area (Å²) in [7, 11) is 1.59. The summed E-state index contributed by atoms with van der Waals surface area (Å²) in [6.45, 7) is 0. The summed E-state index contributed by atoms with van der Waals surface area (Å²) >= 11 is 0. The first-order valence-corrected chi connectivity index (χ1v) is 7.68. The molecule has 2 N–H and O–H groups in total. The molecular weight excluding hydrogens is 300 g/mol. The van der Waals surface area contributed by atoms with Crippen LogP contribution in [0.25, 0.3) is 21.8 Å². The van der Waals surface area contributed by atoms with Crippen LogP contribution in [0.4, 0.5) is 11.4 Å². The van der Waals surface area contributed by atoms with Crippen molar-refractivity contribution in [1.29, 1.82) is 0 Å². The first-order valence-electron chi connectivity index (χ1n) is 7.68. The molecule has 0 aliphatic carbocycles. The summed E-state index contributed by atoms with van der Waals surface area (Å²) in [6.07, 6.45) is 0. The molecule has 0 amide bonds. The number of pyridine rings is 1. The number of aromatic nitrogens is 1. The van der Waals surface area contributed by atoms with Gasteiger partial charge in [0.05, 0.1) is 29.5 Å². The number of hydrogen-bond donors (Lipinski definition) is 2. The average molecular weight is 316 g/mol. The van der Waals surface area contributed by atoms with Gasteiger partial charge in [0, 0.05) is 16.8 Å². The van der Waals surface area contributed by atoms with Gasteiger partial charge in [0.25, 0.3) is 0 Å². The van der Waals surface area contributed by atoms with E-state index in [1.54, 1.807) is 25.3 Å². The zero-order valence-electron chi connectivity index (χ0n) is 13.2. The topological polar surface area (TPSA) is 54.4 Å². The van der Waals surface area contributed by atoms with Crippen molar-refractivity contribution in [2.24, 2.45) is 0 Å². The summed E-state index contributed by atoms with van der Waals surface area (Å²) < 4.78 is 5.38. The van der Waals surface area contributed by atoms with Crippen molar-refractivity contribution in [2.75, 3.05) is 12.4 Å². The molecule has 118 valence electrons. The molecule has 0 atom stereocenters. The molecule has 0 aliphatic heterocycles. The monoisotopic (exact) mass is 316 g/mol. The molecule has 0 spiro atoms. The molecule has 1 aromatic heterocycles. The van der Waals surface area contributed by atoms with Gasteiger partial charge < -0.3 is 15.2 Å². The number of methoxy groups -OCH3 is 1. The van der Waals surface area contributed by atoms with Crippen LogP contribution >= 0.6 is 0 Å². The van der Waals surface area contributed by atoms with Crippen LogP contribution < -0.4 is 10.1 Å². The zero-order valence-corrected chi connectivity index (χ0v) is 13.2. The number of benzene rings is 3. The fourth-order valence-electron chi connectivity index (χ4n) is 2.89. The highest BCUT2D eigenvalue weighted by Crippen LogP contribution is 2.36. The van der Waals surface area contributed by atoms with Gasteiger partial charge in [-0.1, -0.05) is 36.4 Å². The quantitative estimate of drug-likeness (QED) is 0.419. The van der Waals surface area contributed by atoms with Crippen LogP contribution in [0.5, 0.6) is 11.5 Å². The van der Waals surface area contributed by atoms with Gasteiger partial charge in [-0.15, -0.1) is 0 Å². The number of para-hydroxylation sites is 2. The van der Waals surface area contributed by atoms with Gasteiger partial charge in [-0.3, -0.25) is 0 Å². The number of hydrogen-bond acceptors (Lipinski definition) is 4. The molecule has 4 nitrogen and oxygen atoms in total. The van der Waals surface area contributed by atoms with Crippen LogP contribution in [0, 0.1) is 0 Å². The maximum absolute atomic E-state index is 9.66. The van der Waals surface area contributed by atoms with Gasteiger partial charge in [-0.05, 0) is 24.3 Å². The highest BCUT2D eigenvalue weighted by Gasteiger charge is 2.11. The Bertz CT molecular complexity index is 990. The van der Waals surface area contributed by atoms with Crippen molar-refractivity contribution in [3.63, 3.8) is 0 Å². The molecule has 4 rings (SSSR count). The van der Waals surface area contributed by atoms with Crippen LogP contribution in [0.2, 0.25) is 0 Å². The van der Waals surface area contributed by atoms with Crippen LogP contribution in [0.3, 0.4) is 0 Å². The van der Waals surface area contributed by atoms with Crippen molar-refractivity contribution >= 4 is 33.2 Å². The number of rotatable bonds is 3. The van der Waals surface area contributed by atoms with Crippen molar-refractivity contribution in [2.45, 2.75) is 0 Å². The van der Waals surface area contributed by atoms with E-state index in [0.29, 0.717) is 5.75 Å². The molecule has 0 saturated carbocycles. The van der Waals surface area contributed by atoms with Gasteiger partial charge in [0.1, 0.15) is 11.5 Å². The van der Waals surface area contributed by atoms with E-state index < -0.39 is 0 Å². The molecule has 0 aliphatic rings. The maximum atomic E-state index is 9.66. The standard InChI is InChI=1S/C20H16N2O2/c1-24-19-12-13(23)10-11-18(19)22-20-14-6-2-4-8-16(14)21-17-9-5-3-7-15(17)20/h2-12,23H,1H3,(H,21,22). The van der Waals surface area contributed by atoms with Crippen LogP contribution in [-0.4, -0.2) is 17.2 Å². The summed E-state index contributed by atoms with van der Waals surface area (Å²) in [5.74, 6) is 0.752. The molecule has 24 heavy (non-hydrogen) atoms. The van der Waals surface area contributed by atoms with Crippen molar-refractivity contribution < 1.29 is 9.84 Å². The van der Waals surface area contributed by atoms with Gasteiger partial charge in [0.2, 0.25) is 0 Å². The third kappa shape index (κ3) is 2.38. The van der Waals surface area contributed by atoms with E-state index in [-0.39, 0.29) is 5.75 Å². The first kappa shape index (κ1) is 14.3. The van der Waals surface area contributed by atoms with Gasteiger partial charge in [-0.2, -0.15) is 0 Å².